The van der Waals surface area contributed by atoms with Crippen molar-refractivity contribution in [2.24, 2.45) is 0 Å². The standard InChI is InChI=1S/C16H26FN3S/c1-4-18-16(15-6-5-14(17)11-19-15)7-8-20-9-10-21-13(3)12(20)2/h5-6,11-13,16,18H,4,7-10H2,1-3H3. The molecule has 5 heteroatoms. The quantitative estimate of drug-likeness (QED) is 0.874. The summed E-state index contributed by atoms with van der Waals surface area (Å²) in [5.41, 5.74) is 0.935. The largest absolute Gasteiger partial charge is 0.309 e. The van der Waals surface area contributed by atoms with Crippen molar-refractivity contribution in [2.75, 3.05) is 25.4 Å². The molecule has 3 nitrogen and oxygen atoms in total. The average molecular weight is 311 g/mol. The predicted octanol–water partition coefficient (Wildman–Crippen LogP) is 3.09. The molecule has 2 heterocycles. The third-order valence-corrected chi connectivity index (χ3v) is 5.62. The molecule has 0 aliphatic carbocycles. The van der Waals surface area contributed by atoms with Gasteiger partial charge in [-0.05, 0) is 32.0 Å². The van der Waals surface area contributed by atoms with Gasteiger partial charge in [0.2, 0.25) is 0 Å². The Bertz CT molecular complexity index is 426. The number of pyridine rings is 1. The maximum Gasteiger partial charge on any atom is 0.141 e. The van der Waals surface area contributed by atoms with Crippen molar-refractivity contribution in [3.05, 3.63) is 29.8 Å². The number of nitrogens with zero attached hydrogens (tertiary/aromatic N) is 2. The normalized spacial score (nSPS) is 25.0. The van der Waals surface area contributed by atoms with E-state index in [0.717, 1.165) is 31.7 Å². The zero-order chi connectivity index (χ0) is 15.2. The first-order chi connectivity index (χ1) is 10.1. The number of thioether (sulfide) groups is 1. The Morgan fingerprint density at radius 2 is 2.29 bits per heavy atom. The lowest BCUT2D eigenvalue weighted by Gasteiger charge is -2.38. The van der Waals surface area contributed by atoms with E-state index in [1.165, 1.54) is 18.0 Å². The Balaban J connectivity index is 1.95. The molecule has 21 heavy (non-hydrogen) atoms. The molecule has 0 radical (unpaired) electrons. The van der Waals surface area contributed by atoms with Crippen molar-refractivity contribution in [1.29, 1.82) is 0 Å². The molecule has 1 aromatic rings. The molecule has 1 aliphatic rings. The zero-order valence-corrected chi connectivity index (χ0v) is 14.0. The predicted molar refractivity (Wildman–Crippen MR) is 88.2 cm³/mol. The maximum atomic E-state index is 13.0. The summed E-state index contributed by atoms with van der Waals surface area (Å²) in [6.45, 7) is 9.83. The molecule has 0 aromatic carbocycles. The Kier molecular flexibility index (Phi) is 6.45. The molecule has 3 atom stereocenters. The number of aromatic nitrogens is 1. The third-order valence-electron chi connectivity index (χ3n) is 4.28. The number of hydrogen-bond donors (Lipinski definition) is 1. The fourth-order valence-electron chi connectivity index (χ4n) is 2.80. The molecule has 1 aromatic heterocycles. The Labute approximate surface area is 131 Å². The first-order valence-electron chi connectivity index (χ1n) is 7.82. The summed E-state index contributed by atoms with van der Waals surface area (Å²) in [5, 5.41) is 4.16. The van der Waals surface area contributed by atoms with Gasteiger partial charge in [-0.1, -0.05) is 13.8 Å². The van der Waals surface area contributed by atoms with E-state index in [9.17, 15) is 4.39 Å². The van der Waals surface area contributed by atoms with E-state index in [2.05, 4.69) is 47.7 Å². The van der Waals surface area contributed by atoms with Gasteiger partial charge < -0.3 is 5.32 Å². The molecule has 1 fully saturated rings. The average Bonchev–Trinajstić information content (AvgIpc) is 2.48. The van der Waals surface area contributed by atoms with Crippen molar-refractivity contribution in [3.8, 4) is 0 Å². The SMILES string of the molecule is CCNC(CCN1CCSC(C)C1C)c1ccc(F)cn1. The van der Waals surface area contributed by atoms with Crippen LogP contribution in [0, 0.1) is 5.82 Å². The monoisotopic (exact) mass is 311 g/mol. The fraction of sp³-hybridized carbons (Fsp3) is 0.688. The Morgan fingerprint density at radius 3 is 2.95 bits per heavy atom. The summed E-state index contributed by atoms with van der Waals surface area (Å²) >= 11 is 2.06. The van der Waals surface area contributed by atoms with Crippen LogP contribution >= 0.6 is 11.8 Å². The highest BCUT2D eigenvalue weighted by Gasteiger charge is 2.25. The molecule has 0 spiro atoms. The van der Waals surface area contributed by atoms with Crippen LogP contribution in [0.4, 0.5) is 4.39 Å². The van der Waals surface area contributed by atoms with Gasteiger partial charge in [-0.3, -0.25) is 9.88 Å². The molecule has 1 aliphatic heterocycles. The van der Waals surface area contributed by atoms with Crippen LogP contribution in [-0.4, -0.2) is 46.6 Å². The molecule has 0 bridgehead atoms. The topological polar surface area (TPSA) is 28.2 Å². The second kappa shape index (κ2) is 8.11. The van der Waals surface area contributed by atoms with Crippen LogP contribution in [0.25, 0.3) is 0 Å². The summed E-state index contributed by atoms with van der Waals surface area (Å²) < 4.78 is 13.0. The van der Waals surface area contributed by atoms with Crippen molar-refractivity contribution >= 4 is 11.8 Å². The van der Waals surface area contributed by atoms with E-state index in [1.807, 2.05) is 0 Å². The summed E-state index contributed by atoms with van der Waals surface area (Å²) in [7, 11) is 0. The van der Waals surface area contributed by atoms with Crippen LogP contribution < -0.4 is 5.32 Å². The van der Waals surface area contributed by atoms with Crippen molar-refractivity contribution in [3.63, 3.8) is 0 Å². The van der Waals surface area contributed by atoms with E-state index in [-0.39, 0.29) is 11.9 Å². The highest BCUT2D eigenvalue weighted by atomic mass is 32.2. The molecule has 2 rings (SSSR count). The lowest BCUT2D eigenvalue weighted by Crippen LogP contribution is -2.45. The van der Waals surface area contributed by atoms with Crippen LogP contribution in [0.15, 0.2) is 18.3 Å². The van der Waals surface area contributed by atoms with Crippen LogP contribution in [0.5, 0.6) is 0 Å². The maximum absolute atomic E-state index is 13.0. The molecule has 1 N–H and O–H groups in total. The number of nitrogens with one attached hydrogen (secondary N) is 1. The lowest BCUT2D eigenvalue weighted by molar-refractivity contribution is 0.201. The highest BCUT2D eigenvalue weighted by Crippen LogP contribution is 2.25. The van der Waals surface area contributed by atoms with Gasteiger partial charge in [0, 0.05) is 30.1 Å². The molecule has 0 amide bonds. The van der Waals surface area contributed by atoms with Crippen molar-refractivity contribution in [1.82, 2.24) is 15.2 Å². The van der Waals surface area contributed by atoms with Crippen molar-refractivity contribution < 1.29 is 4.39 Å². The molecular weight excluding hydrogens is 285 g/mol. The van der Waals surface area contributed by atoms with Crippen LogP contribution in [-0.2, 0) is 0 Å². The number of rotatable bonds is 6. The van der Waals surface area contributed by atoms with Crippen LogP contribution in [0.3, 0.4) is 0 Å². The van der Waals surface area contributed by atoms with Gasteiger partial charge in [0.25, 0.3) is 0 Å². The Morgan fingerprint density at radius 1 is 1.48 bits per heavy atom. The van der Waals surface area contributed by atoms with Gasteiger partial charge in [0.05, 0.1) is 17.9 Å². The van der Waals surface area contributed by atoms with Crippen LogP contribution in [0.2, 0.25) is 0 Å². The van der Waals surface area contributed by atoms with E-state index < -0.39 is 0 Å². The molecule has 3 unspecified atom stereocenters. The van der Waals surface area contributed by atoms with Gasteiger partial charge in [-0.2, -0.15) is 11.8 Å². The van der Waals surface area contributed by atoms with Gasteiger partial charge in [-0.15, -0.1) is 0 Å². The summed E-state index contributed by atoms with van der Waals surface area (Å²) in [6.07, 6.45) is 2.32. The van der Waals surface area contributed by atoms with Crippen LogP contribution in [0.1, 0.15) is 38.9 Å². The van der Waals surface area contributed by atoms with Gasteiger partial charge in [0.1, 0.15) is 5.82 Å². The minimum absolute atomic E-state index is 0.202. The van der Waals surface area contributed by atoms with Crippen molar-refractivity contribution in [2.45, 2.75) is 44.5 Å². The van der Waals surface area contributed by atoms with E-state index in [4.69, 9.17) is 0 Å². The third kappa shape index (κ3) is 4.66. The minimum Gasteiger partial charge on any atom is -0.309 e. The smallest absolute Gasteiger partial charge is 0.141 e. The summed E-state index contributed by atoms with van der Waals surface area (Å²) in [4.78, 5) is 6.80. The van der Waals surface area contributed by atoms with E-state index >= 15 is 0 Å². The molecule has 1 saturated heterocycles. The molecular formula is C16H26FN3S. The van der Waals surface area contributed by atoms with Gasteiger partial charge in [0.15, 0.2) is 0 Å². The lowest BCUT2D eigenvalue weighted by atomic mass is 10.1. The van der Waals surface area contributed by atoms with Gasteiger partial charge >= 0.3 is 0 Å². The zero-order valence-electron chi connectivity index (χ0n) is 13.2. The summed E-state index contributed by atoms with van der Waals surface area (Å²) in [6, 6.07) is 4.11. The molecule has 118 valence electrons. The Hall–Kier alpha value is -0.650. The highest BCUT2D eigenvalue weighted by molar-refractivity contribution is 8.00. The number of hydrogen-bond acceptors (Lipinski definition) is 4. The second-order valence-corrected chi connectivity index (χ2v) is 7.14. The molecule has 0 saturated carbocycles. The first kappa shape index (κ1) is 16.7. The second-order valence-electron chi connectivity index (χ2n) is 5.65. The minimum atomic E-state index is -0.274. The fourth-order valence-corrected chi connectivity index (χ4v) is 3.96. The van der Waals surface area contributed by atoms with Gasteiger partial charge in [-0.25, -0.2) is 4.39 Å². The van der Waals surface area contributed by atoms with E-state index in [0.29, 0.717) is 11.3 Å². The summed E-state index contributed by atoms with van der Waals surface area (Å²) in [5.74, 6) is 0.941. The van der Waals surface area contributed by atoms with E-state index in [1.54, 1.807) is 6.07 Å². The first-order valence-corrected chi connectivity index (χ1v) is 8.87. The number of halogens is 1.